The van der Waals surface area contributed by atoms with Crippen LogP contribution in [-0.2, 0) is 6.42 Å². The van der Waals surface area contributed by atoms with Crippen molar-refractivity contribution in [2.24, 2.45) is 0 Å². The second kappa shape index (κ2) is 6.65. The van der Waals surface area contributed by atoms with Crippen LogP contribution in [0.4, 0.5) is 11.4 Å². The van der Waals surface area contributed by atoms with E-state index < -0.39 is 5.97 Å². The fourth-order valence-electron chi connectivity index (χ4n) is 2.08. The smallest absolute Gasteiger partial charge is 0.335 e. The topological polar surface area (TPSA) is 84.6 Å². The number of carboxylic acids is 1. The average molecular weight is 286 g/mol. The summed E-state index contributed by atoms with van der Waals surface area (Å²) in [5, 5.41) is 12.2. The van der Waals surface area contributed by atoms with Crippen LogP contribution in [0.5, 0.6) is 5.75 Å². The van der Waals surface area contributed by atoms with Crippen molar-refractivity contribution in [2.45, 2.75) is 6.42 Å². The molecule has 2 aromatic carbocycles. The van der Waals surface area contributed by atoms with Gasteiger partial charge < -0.3 is 20.9 Å². The molecular weight excluding hydrogens is 268 g/mol. The highest BCUT2D eigenvalue weighted by molar-refractivity contribution is 5.90. The number of anilines is 2. The standard InChI is InChI=1S/C16H18N2O3/c1-21-15-5-3-2-4-11(15)8-9-18-14-10-12(16(19)20)6-7-13(14)17/h2-7,10,18H,8-9,17H2,1H3,(H,19,20). The van der Waals surface area contributed by atoms with Gasteiger partial charge in [-0.05, 0) is 36.2 Å². The van der Waals surface area contributed by atoms with Gasteiger partial charge in [-0.25, -0.2) is 4.79 Å². The van der Waals surface area contributed by atoms with E-state index in [1.54, 1.807) is 19.2 Å². The molecule has 0 bridgehead atoms. The minimum Gasteiger partial charge on any atom is -0.496 e. The monoisotopic (exact) mass is 286 g/mol. The molecule has 0 saturated heterocycles. The maximum absolute atomic E-state index is 11.0. The van der Waals surface area contributed by atoms with Crippen molar-refractivity contribution in [3.05, 3.63) is 53.6 Å². The van der Waals surface area contributed by atoms with E-state index in [9.17, 15) is 4.79 Å². The van der Waals surface area contributed by atoms with Gasteiger partial charge in [0.15, 0.2) is 0 Å². The molecule has 5 nitrogen and oxygen atoms in total. The number of carbonyl (C=O) groups is 1. The van der Waals surface area contributed by atoms with Gasteiger partial charge in [0, 0.05) is 6.54 Å². The van der Waals surface area contributed by atoms with Gasteiger partial charge in [-0.2, -0.15) is 0 Å². The van der Waals surface area contributed by atoms with Gasteiger partial charge in [0.05, 0.1) is 24.0 Å². The highest BCUT2D eigenvalue weighted by Crippen LogP contribution is 2.21. The summed E-state index contributed by atoms with van der Waals surface area (Å²) in [6, 6.07) is 12.4. The summed E-state index contributed by atoms with van der Waals surface area (Å²) in [4.78, 5) is 11.0. The summed E-state index contributed by atoms with van der Waals surface area (Å²) in [7, 11) is 1.64. The largest absolute Gasteiger partial charge is 0.496 e. The number of carboxylic acid groups (broad SMARTS) is 1. The number of nitrogens with one attached hydrogen (secondary N) is 1. The van der Waals surface area contributed by atoms with Crippen LogP contribution in [0.2, 0.25) is 0 Å². The van der Waals surface area contributed by atoms with E-state index in [0.717, 1.165) is 17.7 Å². The molecule has 0 spiro atoms. The Morgan fingerprint density at radius 3 is 2.76 bits per heavy atom. The van der Waals surface area contributed by atoms with E-state index in [4.69, 9.17) is 15.6 Å². The van der Waals surface area contributed by atoms with Gasteiger partial charge in [-0.1, -0.05) is 18.2 Å². The van der Waals surface area contributed by atoms with Gasteiger partial charge in [-0.3, -0.25) is 0 Å². The number of benzene rings is 2. The zero-order valence-corrected chi connectivity index (χ0v) is 11.8. The number of aromatic carboxylic acids is 1. The summed E-state index contributed by atoms with van der Waals surface area (Å²) in [6.07, 6.45) is 0.751. The lowest BCUT2D eigenvalue weighted by atomic mass is 10.1. The molecular formula is C16H18N2O3. The zero-order chi connectivity index (χ0) is 15.2. The molecule has 0 saturated carbocycles. The summed E-state index contributed by atoms with van der Waals surface area (Å²) in [5.41, 5.74) is 8.30. The Bertz CT molecular complexity index is 641. The summed E-state index contributed by atoms with van der Waals surface area (Å²) in [5.74, 6) is -0.130. The van der Waals surface area contributed by atoms with Crippen molar-refractivity contribution in [1.82, 2.24) is 0 Å². The van der Waals surface area contributed by atoms with E-state index >= 15 is 0 Å². The third-order valence-corrected chi connectivity index (χ3v) is 3.20. The minimum atomic E-state index is -0.970. The van der Waals surface area contributed by atoms with Gasteiger partial charge in [-0.15, -0.1) is 0 Å². The molecule has 21 heavy (non-hydrogen) atoms. The molecule has 110 valence electrons. The van der Waals surface area contributed by atoms with Gasteiger partial charge in [0.25, 0.3) is 0 Å². The Morgan fingerprint density at radius 2 is 2.05 bits per heavy atom. The molecule has 2 rings (SSSR count). The average Bonchev–Trinajstić information content (AvgIpc) is 2.49. The molecule has 0 aliphatic carbocycles. The number of hydrogen-bond donors (Lipinski definition) is 3. The maximum Gasteiger partial charge on any atom is 0.335 e. The number of para-hydroxylation sites is 1. The Kier molecular flexibility index (Phi) is 4.66. The first-order valence-electron chi connectivity index (χ1n) is 6.60. The predicted molar refractivity (Wildman–Crippen MR) is 83.0 cm³/mol. The fraction of sp³-hybridized carbons (Fsp3) is 0.188. The third-order valence-electron chi connectivity index (χ3n) is 3.20. The second-order valence-electron chi connectivity index (χ2n) is 4.60. The van der Waals surface area contributed by atoms with E-state index in [-0.39, 0.29) is 5.56 Å². The molecule has 0 fully saturated rings. The SMILES string of the molecule is COc1ccccc1CCNc1cc(C(=O)O)ccc1N. The number of methoxy groups -OCH3 is 1. The Balaban J connectivity index is 2.03. The van der Waals surface area contributed by atoms with Crippen molar-refractivity contribution >= 4 is 17.3 Å². The van der Waals surface area contributed by atoms with Gasteiger partial charge in [0.1, 0.15) is 5.75 Å². The molecule has 0 heterocycles. The number of nitrogens with two attached hydrogens (primary N) is 1. The lowest BCUT2D eigenvalue weighted by Gasteiger charge is -2.12. The zero-order valence-electron chi connectivity index (χ0n) is 11.8. The molecule has 0 aliphatic heterocycles. The normalized spacial score (nSPS) is 10.1. The molecule has 0 unspecified atom stereocenters. The van der Waals surface area contributed by atoms with E-state index in [0.29, 0.717) is 17.9 Å². The van der Waals surface area contributed by atoms with E-state index in [1.807, 2.05) is 24.3 Å². The molecule has 0 aliphatic rings. The van der Waals surface area contributed by atoms with Crippen molar-refractivity contribution < 1.29 is 14.6 Å². The minimum absolute atomic E-state index is 0.212. The Labute approximate surface area is 123 Å². The van der Waals surface area contributed by atoms with Crippen molar-refractivity contribution in [3.63, 3.8) is 0 Å². The summed E-state index contributed by atoms with van der Waals surface area (Å²) >= 11 is 0. The summed E-state index contributed by atoms with van der Waals surface area (Å²) < 4.78 is 5.29. The maximum atomic E-state index is 11.0. The van der Waals surface area contributed by atoms with Crippen LogP contribution in [0.1, 0.15) is 15.9 Å². The molecule has 2 aromatic rings. The molecule has 0 radical (unpaired) electrons. The van der Waals surface area contributed by atoms with Crippen molar-refractivity contribution in [2.75, 3.05) is 24.7 Å². The fourth-order valence-corrected chi connectivity index (χ4v) is 2.08. The molecule has 0 aromatic heterocycles. The summed E-state index contributed by atoms with van der Waals surface area (Å²) in [6.45, 7) is 0.633. The number of ether oxygens (including phenoxy) is 1. The first-order chi connectivity index (χ1) is 10.1. The van der Waals surface area contributed by atoms with Crippen LogP contribution >= 0.6 is 0 Å². The third kappa shape index (κ3) is 3.66. The number of rotatable bonds is 6. The van der Waals surface area contributed by atoms with Crippen LogP contribution in [0, 0.1) is 0 Å². The number of nitrogen functional groups attached to an aromatic ring is 1. The van der Waals surface area contributed by atoms with Gasteiger partial charge >= 0.3 is 5.97 Å². The molecule has 4 N–H and O–H groups in total. The second-order valence-corrected chi connectivity index (χ2v) is 4.60. The molecule has 5 heteroatoms. The quantitative estimate of drug-likeness (QED) is 0.711. The van der Waals surface area contributed by atoms with Crippen molar-refractivity contribution in [3.8, 4) is 5.75 Å². The van der Waals surface area contributed by atoms with E-state index in [1.165, 1.54) is 6.07 Å². The van der Waals surface area contributed by atoms with Crippen LogP contribution in [0.15, 0.2) is 42.5 Å². The Morgan fingerprint density at radius 1 is 1.29 bits per heavy atom. The van der Waals surface area contributed by atoms with Crippen molar-refractivity contribution in [1.29, 1.82) is 0 Å². The highest BCUT2D eigenvalue weighted by atomic mass is 16.5. The van der Waals surface area contributed by atoms with Crippen LogP contribution in [-0.4, -0.2) is 24.7 Å². The lowest BCUT2D eigenvalue weighted by Crippen LogP contribution is -2.09. The highest BCUT2D eigenvalue weighted by Gasteiger charge is 2.07. The first-order valence-corrected chi connectivity index (χ1v) is 6.60. The molecule has 0 atom stereocenters. The van der Waals surface area contributed by atoms with Crippen LogP contribution < -0.4 is 15.8 Å². The predicted octanol–water partition coefficient (Wildman–Crippen LogP) is 2.63. The van der Waals surface area contributed by atoms with Crippen LogP contribution in [0.25, 0.3) is 0 Å². The number of hydrogen-bond acceptors (Lipinski definition) is 4. The van der Waals surface area contributed by atoms with E-state index in [2.05, 4.69) is 5.32 Å². The first kappa shape index (κ1) is 14.7. The van der Waals surface area contributed by atoms with Crippen LogP contribution in [0.3, 0.4) is 0 Å². The molecule has 0 amide bonds. The van der Waals surface area contributed by atoms with Gasteiger partial charge in [0.2, 0.25) is 0 Å². The Hall–Kier alpha value is -2.69. The lowest BCUT2D eigenvalue weighted by molar-refractivity contribution is 0.0697.